The third kappa shape index (κ3) is 6.29. The van der Waals surface area contributed by atoms with Gasteiger partial charge in [0.2, 0.25) is 0 Å². The van der Waals surface area contributed by atoms with Gasteiger partial charge in [0.25, 0.3) is 5.90 Å². The van der Waals surface area contributed by atoms with Crippen LogP contribution < -0.4 is 4.74 Å². The Morgan fingerprint density at radius 2 is 1.96 bits per heavy atom. The van der Waals surface area contributed by atoms with Crippen LogP contribution in [-0.4, -0.2) is 25.6 Å². The Morgan fingerprint density at radius 1 is 1.19 bits per heavy atom. The molecule has 5 nitrogen and oxygen atoms in total. The topological polar surface area (TPSA) is 57.1 Å². The molecule has 0 unspecified atom stereocenters. The van der Waals surface area contributed by atoms with Crippen LogP contribution in [0.1, 0.15) is 36.5 Å². The lowest BCUT2D eigenvalue weighted by Crippen LogP contribution is -2.17. The molecule has 6 heteroatoms. The summed E-state index contributed by atoms with van der Waals surface area (Å²) in [6.07, 6.45) is 1.96. The van der Waals surface area contributed by atoms with Crippen molar-refractivity contribution in [3.63, 3.8) is 0 Å². The minimum absolute atomic E-state index is 0.131. The quantitative estimate of drug-likeness (QED) is 0.211. The Kier molecular flexibility index (Phi) is 8.14. The minimum Gasteiger partial charge on any atom is -0.465 e. The van der Waals surface area contributed by atoms with Crippen LogP contribution >= 0.6 is 11.6 Å². The van der Waals surface area contributed by atoms with Crippen molar-refractivity contribution in [1.29, 1.82) is 0 Å². The Bertz CT molecular complexity index is 805. The van der Waals surface area contributed by atoms with Gasteiger partial charge in [0.1, 0.15) is 12.9 Å². The predicted molar refractivity (Wildman–Crippen MR) is 106 cm³/mol. The van der Waals surface area contributed by atoms with E-state index in [1.54, 1.807) is 18.2 Å². The number of unbranched alkanes of at least 4 members (excludes halogenated alkanes) is 1. The summed E-state index contributed by atoms with van der Waals surface area (Å²) in [5, 5.41) is 4.63. The summed E-state index contributed by atoms with van der Waals surface area (Å²) in [6, 6.07) is 12.7. The van der Waals surface area contributed by atoms with E-state index in [1.807, 2.05) is 38.1 Å². The first-order valence-corrected chi connectivity index (χ1v) is 9.22. The number of benzene rings is 2. The highest BCUT2D eigenvalue weighted by atomic mass is 35.5. The average molecular weight is 390 g/mol. The first-order valence-electron chi connectivity index (χ1n) is 8.84. The first kappa shape index (κ1) is 20.8. The Morgan fingerprint density at radius 3 is 2.67 bits per heavy atom. The molecule has 0 aliphatic rings. The highest BCUT2D eigenvalue weighted by Gasteiger charge is 2.16. The zero-order valence-electron chi connectivity index (χ0n) is 15.8. The molecule has 144 valence electrons. The van der Waals surface area contributed by atoms with Crippen molar-refractivity contribution >= 4 is 23.5 Å². The summed E-state index contributed by atoms with van der Waals surface area (Å²) < 4.78 is 11.2. The number of oxime groups is 1. The van der Waals surface area contributed by atoms with E-state index in [9.17, 15) is 4.79 Å². The molecule has 0 bridgehead atoms. The summed E-state index contributed by atoms with van der Waals surface area (Å²) >= 11 is 6.00. The highest BCUT2D eigenvalue weighted by molar-refractivity contribution is 6.30. The number of carbonyl (C=O) groups excluding carboxylic acids is 1. The molecule has 0 saturated carbocycles. The lowest BCUT2D eigenvalue weighted by atomic mass is 10.0. The fraction of sp³-hybridized carbons (Fsp3) is 0.333. The molecule has 0 radical (unpaired) electrons. The summed E-state index contributed by atoms with van der Waals surface area (Å²) in [6.45, 7) is 4.37. The van der Waals surface area contributed by atoms with Crippen molar-refractivity contribution < 1.29 is 19.1 Å². The van der Waals surface area contributed by atoms with E-state index in [-0.39, 0.29) is 18.3 Å². The first-order chi connectivity index (χ1) is 13.0. The van der Waals surface area contributed by atoms with Gasteiger partial charge in [-0.3, -0.25) is 4.79 Å². The van der Waals surface area contributed by atoms with Crippen LogP contribution in [0.25, 0.3) is 0 Å². The van der Waals surface area contributed by atoms with Gasteiger partial charge in [-0.15, -0.1) is 0 Å². The van der Waals surface area contributed by atoms with Crippen LogP contribution in [0.4, 0.5) is 0 Å². The molecule has 27 heavy (non-hydrogen) atoms. The fourth-order valence-electron chi connectivity index (χ4n) is 2.46. The lowest BCUT2D eigenvalue weighted by Gasteiger charge is -2.14. The van der Waals surface area contributed by atoms with E-state index < -0.39 is 0 Å². The molecule has 2 aromatic rings. The zero-order chi connectivity index (χ0) is 19.6. The van der Waals surface area contributed by atoms with Crippen LogP contribution in [0.5, 0.6) is 5.75 Å². The second-order valence-electron chi connectivity index (χ2n) is 6.00. The largest absolute Gasteiger partial charge is 0.465 e. The van der Waals surface area contributed by atoms with Gasteiger partial charge in [-0.05, 0) is 53.9 Å². The van der Waals surface area contributed by atoms with E-state index in [2.05, 4.69) is 5.16 Å². The summed E-state index contributed by atoms with van der Waals surface area (Å²) in [5.74, 6) is 0.589. The van der Waals surface area contributed by atoms with Crippen LogP contribution in [0.3, 0.4) is 0 Å². The van der Waals surface area contributed by atoms with Crippen LogP contribution in [0, 0.1) is 6.92 Å². The smallest absolute Gasteiger partial charge is 0.310 e. The van der Waals surface area contributed by atoms with E-state index >= 15 is 0 Å². The maximum atomic E-state index is 12.1. The van der Waals surface area contributed by atoms with Crippen molar-refractivity contribution in [2.45, 2.75) is 33.1 Å². The highest BCUT2D eigenvalue weighted by Crippen LogP contribution is 2.24. The van der Waals surface area contributed by atoms with Gasteiger partial charge in [-0.25, -0.2) is 0 Å². The fourth-order valence-corrected chi connectivity index (χ4v) is 2.68. The standard InChI is InChI=1S/C21H24ClNO4/c1-4-5-12-26-20(24)14-16-8-6-7-9-18(16)21(23-25-3)27-19-11-10-17(22)13-15(19)2/h6-11,13H,4-5,12,14H2,1-3H3/b23-21+. The van der Waals surface area contributed by atoms with Gasteiger partial charge in [0.05, 0.1) is 13.0 Å². The number of ether oxygens (including phenoxy) is 2. The van der Waals surface area contributed by atoms with Crippen molar-refractivity contribution in [3.8, 4) is 5.75 Å². The molecule has 0 amide bonds. The number of hydrogen-bond acceptors (Lipinski definition) is 5. The molecule has 0 fully saturated rings. The summed E-state index contributed by atoms with van der Waals surface area (Å²) in [5.41, 5.74) is 2.28. The molecule has 0 aromatic heterocycles. The van der Waals surface area contributed by atoms with Gasteiger partial charge >= 0.3 is 5.97 Å². The number of halogens is 1. The van der Waals surface area contributed by atoms with Crippen molar-refractivity contribution in [2.75, 3.05) is 13.7 Å². The third-order valence-corrected chi connectivity index (χ3v) is 4.10. The van der Waals surface area contributed by atoms with Crippen LogP contribution in [-0.2, 0) is 20.8 Å². The summed E-state index contributed by atoms with van der Waals surface area (Å²) in [7, 11) is 1.44. The molecule has 2 rings (SSSR count). The van der Waals surface area contributed by atoms with Gasteiger partial charge in [-0.2, -0.15) is 0 Å². The minimum atomic E-state index is -0.282. The molecule has 0 atom stereocenters. The predicted octanol–water partition coefficient (Wildman–Crippen LogP) is 4.92. The van der Waals surface area contributed by atoms with Crippen molar-refractivity contribution in [1.82, 2.24) is 0 Å². The average Bonchev–Trinajstić information content (AvgIpc) is 2.64. The molecule has 2 aromatic carbocycles. The second-order valence-corrected chi connectivity index (χ2v) is 6.44. The number of nitrogens with zero attached hydrogens (tertiary/aromatic N) is 1. The number of carbonyl (C=O) groups is 1. The number of esters is 1. The van der Waals surface area contributed by atoms with Crippen LogP contribution in [0.15, 0.2) is 47.6 Å². The van der Waals surface area contributed by atoms with Crippen molar-refractivity contribution in [3.05, 3.63) is 64.2 Å². The maximum Gasteiger partial charge on any atom is 0.310 e. The Balaban J connectivity index is 2.24. The number of rotatable bonds is 8. The molecular weight excluding hydrogens is 366 g/mol. The van der Waals surface area contributed by atoms with E-state index in [4.69, 9.17) is 25.9 Å². The Hall–Kier alpha value is -2.53. The molecule has 0 spiro atoms. The molecular formula is C21H24ClNO4. The number of hydrogen-bond donors (Lipinski definition) is 0. The van der Waals surface area contributed by atoms with E-state index in [1.165, 1.54) is 7.11 Å². The van der Waals surface area contributed by atoms with E-state index in [0.717, 1.165) is 24.0 Å². The normalized spacial score (nSPS) is 11.2. The van der Waals surface area contributed by atoms with Crippen molar-refractivity contribution in [2.24, 2.45) is 5.16 Å². The molecule has 0 N–H and O–H groups in total. The molecule has 0 saturated heterocycles. The maximum absolute atomic E-state index is 12.1. The van der Waals surface area contributed by atoms with Gasteiger partial charge in [-0.1, -0.05) is 43.1 Å². The molecule has 0 aliphatic carbocycles. The van der Waals surface area contributed by atoms with Gasteiger partial charge in [0.15, 0.2) is 0 Å². The number of aryl methyl sites for hydroxylation is 1. The molecule has 0 aliphatic heterocycles. The van der Waals surface area contributed by atoms with Crippen LogP contribution in [0.2, 0.25) is 5.02 Å². The lowest BCUT2D eigenvalue weighted by molar-refractivity contribution is -0.142. The molecule has 0 heterocycles. The Labute approximate surface area is 164 Å². The van der Waals surface area contributed by atoms with Gasteiger partial charge in [0, 0.05) is 10.6 Å². The monoisotopic (exact) mass is 389 g/mol. The third-order valence-electron chi connectivity index (χ3n) is 3.86. The SMILES string of the molecule is CCCCOC(=O)Cc1ccccc1/C(=N\OC)Oc1ccc(Cl)cc1C. The zero-order valence-corrected chi connectivity index (χ0v) is 16.6. The summed E-state index contributed by atoms with van der Waals surface area (Å²) in [4.78, 5) is 17.1. The van der Waals surface area contributed by atoms with E-state index in [0.29, 0.717) is 22.9 Å². The second kappa shape index (κ2) is 10.6. The van der Waals surface area contributed by atoms with Gasteiger partial charge < -0.3 is 14.3 Å².